The number of nitrogens with one attached hydrogen (secondary N) is 1. The van der Waals surface area contributed by atoms with Crippen molar-refractivity contribution in [1.82, 2.24) is 5.32 Å². The highest BCUT2D eigenvalue weighted by Crippen LogP contribution is 2.20. The molecule has 0 heterocycles. The molecule has 1 aliphatic rings. The summed E-state index contributed by atoms with van der Waals surface area (Å²) in [6, 6.07) is 5.95. The number of carbonyl (C=O) groups is 1. The van der Waals surface area contributed by atoms with Gasteiger partial charge in [0.25, 0.3) is 5.91 Å². The standard InChI is InChI=1S/C14H19NO4S/c1-9(2)20(18,19)13-5-3-10(4-6-13)14(17)15-11-7-12(16)8-11/h3-6,9,11-12,16H,7-8H2,1-2H3,(H,15,17). The van der Waals surface area contributed by atoms with Crippen LogP contribution in [0.5, 0.6) is 0 Å². The van der Waals surface area contributed by atoms with Gasteiger partial charge in [0.2, 0.25) is 0 Å². The van der Waals surface area contributed by atoms with Crippen molar-refractivity contribution >= 4 is 15.7 Å². The molecule has 0 saturated heterocycles. The van der Waals surface area contributed by atoms with Crippen molar-refractivity contribution in [3.8, 4) is 0 Å². The zero-order valence-electron chi connectivity index (χ0n) is 11.5. The second-order valence-corrected chi connectivity index (χ2v) is 7.92. The van der Waals surface area contributed by atoms with E-state index in [4.69, 9.17) is 5.11 Å². The Balaban J connectivity index is 2.06. The average Bonchev–Trinajstić information content (AvgIpc) is 2.36. The van der Waals surface area contributed by atoms with E-state index in [-0.39, 0.29) is 22.9 Å². The highest BCUT2D eigenvalue weighted by Gasteiger charge is 2.28. The Morgan fingerprint density at radius 3 is 2.25 bits per heavy atom. The van der Waals surface area contributed by atoms with E-state index in [0.717, 1.165) is 0 Å². The minimum atomic E-state index is -3.31. The van der Waals surface area contributed by atoms with Crippen LogP contribution in [0.1, 0.15) is 37.0 Å². The van der Waals surface area contributed by atoms with E-state index in [1.54, 1.807) is 13.8 Å². The van der Waals surface area contributed by atoms with Crippen LogP contribution in [0.25, 0.3) is 0 Å². The molecular formula is C14H19NO4S. The fourth-order valence-electron chi connectivity index (χ4n) is 2.04. The molecule has 1 fully saturated rings. The van der Waals surface area contributed by atoms with Gasteiger partial charge in [0.05, 0.1) is 16.2 Å². The number of benzene rings is 1. The Bertz CT molecular complexity index is 586. The molecule has 0 atom stereocenters. The van der Waals surface area contributed by atoms with Gasteiger partial charge in [-0.05, 0) is 51.0 Å². The summed E-state index contributed by atoms with van der Waals surface area (Å²) in [6.07, 6.45) is 0.829. The first-order valence-corrected chi connectivity index (χ1v) is 8.18. The van der Waals surface area contributed by atoms with Gasteiger partial charge in [0, 0.05) is 11.6 Å². The van der Waals surface area contributed by atoms with Gasteiger partial charge < -0.3 is 10.4 Å². The van der Waals surface area contributed by atoms with E-state index in [1.807, 2.05) is 0 Å². The zero-order valence-corrected chi connectivity index (χ0v) is 12.4. The van der Waals surface area contributed by atoms with Gasteiger partial charge in [-0.1, -0.05) is 0 Å². The second kappa shape index (κ2) is 5.54. The van der Waals surface area contributed by atoms with E-state index in [1.165, 1.54) is 24.3 Å². The third kappa shape index (κ3) is 3.02. The Morgan fingerprint density at radius 1 is 1.25 bits per heavy atom. The highest BCUT2D eigenvalue weighted by atomic mass is 32.2. The predicted molar refractivity (Wildman–Crippen MR) is 75.3 cm³/mol. The molecule has 2 N–H and O–H groups in total. The van der Waals surface area contributed by atoms with Crippen molar-refractivity contribution in [2.75, 3.05) is 0 Å². The molecule has 1 amide bonds. The van der Waals surface area contributed by atoms with Crippen LogP contribution in [-0.4, -0.2) is 36.8 Å². The molecule has 1 aromatic carbocycles. The molecule has 0 aliphatic heterocycles. The Hall–Kier alpha value is -1.40. The average molecular weight is 297 g/mol. The maximum atomic E-state index is 12.0. The van der Waals surface area contributed by atoms with Crippen LogP contribution in [0.3, 0.4) is 0 Å². The van der Waals surface area contributed by atoms with E-state index in [0.29, 0.717) is 18.4 Å². The molecule has 1 aliphatic carbocycles. The molecule has 110 valence electrons. The number of aliphatic hydroxyl groups is 1. The molecular weight excluding hydrogens is 278 g/mol. The van der Waals surface area contributed by atoms with Gasteiger partial charge >= 0.3 is 0 Å². The van der Waals surface area contributed by atoms with E-state index in [2.05, 4.69) is 5.32 Å². The molecule has 0 aromatic heterocycles. The largest absolute Gasteiger partial charge is 0.393 e. The summed E-state index contributed by atoms with van der Waals surface area (Å²) in [5.41, 5.74) is 0.425. The minimum Gasteiger partial charge on any atom is -0.393 e. The highest BCUT2D eigenvalue weighted by molar-refractivity contribution is 7.92. The molecule has 0 bridgehead atoms. The molecule has 1 aromatic rings. The van der Waals surface area contributed by atoms with E-state index in [9.17, 15) is 13.2 Å². The first-order chi connectivity index (χ1) is 9.30. The molecule has 20 heavy (non-hydrogen) atoms. The molecule has 5 nitrogen and oxygen atoms in total. The molecule has 0 spiro atoms. The van der Waals surface area contributed by atoms with Crippen molar-refractivity contribution in [2.45, 2.75) is 49.0 Å². The monoisotopic (exact) mass is 297 g/mol. The third-order valence-corrected chi connectivity index (χ3v) is 5.68. The number of carbonyl (C=O) groups excluding carboxylic acids is 1. The SMILES string of the molecule is CC(C)S(=O)(=O)c1ccc(C(=O)NC2CC(O)C2)cc1. The Kier molecular flexibility index (Phi) is 4.15. The summed E-state index contributed by atoms with van der Waals surface area (Å²) in [6.45, 7) is 3.25. The maximum Gasteiger partial charge on any atom is 0.251 e. The smallest absolute Gasteiger partial charge is 0.251 e. The fraction of sp³-hybridized carbons (Fsp3) is 0.500. The van der Waals surface area contributed by atoms with Crippen molar-refractivity contribution in [3.05, 3.63) is 29.8 Å². The van der Waals surface area contributed by atoms with Gasteiger partial charge in [-0.15, -0.1) is 0 Å². The molecule has 0 unspecified atom stereocenters. The summed E-state index contributed by atoms with van der Waals surface area (Å²) in [4.78, 5) is 12.1. The number of rotatable bonds is 4. The molecule has 0 radical (unpaired) electrons. The van der Waals surface area contributed by atoms with Gasteiger partial charge in [-0.2, -0.15) is 0 Å². The van der Waals surface area contributed by atoms with Gasteiger partial charge in [-0.25, -0.2) is 8.42 Å². The van der Waals surface area contributed by atoms with Crippen LogP contribution in [0.2, 0.25) is 0 Å². The van der Waals surface area contributed by atoms with Crippen molar-refractivity contribution < 1.29 is 18.3 Å². The number of hydrogen-bond acceptors (Lipinski definition) is 4. The topological polar surface area (TPSA) is 83.5 Å². The number of aliphatic hydroxyl groups excluding tert-OH is 1. The molecule has 1 saturated carbocycles. The van der Waals surface area contributed by atoms with Crippen LogP contribution in [0.4, 0.5) is 0 Å². The van der Waals surface area contributed by atoms with Gasteiger partial charge in [-0.3, -0.25) is 4.79 Å². The quantitative estimate of drug-likeness (QED) is 0.872. The lowest BCUT2D eigenvalue weighted by atomic mass is 9.89. The summed E-state index contributed by atoms with van der Waals surface area (Å²) < 4.78 is 23.9. The number of sulfone groups is 1. The van der Waals surface area contributed by atoms with Crippen molar-refractivity contribution in [1.29, 1.82) is 0 Å². The fourth-order valence-corrected chi connectivity index (χ4v) is 3.10. The van der Waals surface area contributed by atoms with Crippen LogP contribution in [-0.2, 0) is 9.84 Å². The lowest BCUT2D eigenvalue weighted by Gasteiger charge is -2.31. The Labute approximate surface area is 118 Å². The molecule has 2 rings (SSSR count). The van der Waals surface area contributed by atoms with Crippen molar-refractivity contribution in [3.63, 3.8) is 0 Å². The van der Waals surface area contributed by atoms with Gasteiger partial charge in [0.1, 0.15) is 0 Å². The summed E-state index contributed by atoms with van der Waals surface area (Å²) in [5, 5.41) is 11.5. The summed E-state index contributed by atoms with van der Waals surface area (Å²) in [7, 11) is -3.31. The second-order valence-electron chi connectivity index (χ2n) is 5.41. The summed E-state index contributed by atoms with van der Waals surface area (Å²) in [5.74, 6) is -0.240. The maximum absolute atomic E-state index is 12.0. The van der Waals surface area contributed by atoms with Crippen LogP contribution >= 0.6 is 0 Å². The van der Waals surface area contributed by atoms with Crippen molar-refractivity contribution in [2.24, 2.45) is 0 Å². The molecule has 6 heteroatoms. The Morgan fingerprint density at radius 2 is 1.80 bits per heavy atom. The van der Waals surface area contributed by atoms with E-state index >= 15 is 0 Å². The van der Waals surface area contributed by atoms with Crippen LogP contribution in [0.15, 0.2) is 29.2 Å². The first kappa shape index (κ1) is 15.0. The predicted octanol–water partition coefficient (Wildman–Crippen LogP) is 1.12. The third-order valence-electron chi connectivity index (χ3n) is 3.51. The van der Waals surface area contributed by atoms with Crippen LogP contribution in [0, 0.1) is 0 Å². The number of amides is 1. The van der Waals surface area contributed by atoms with Crippen LogP contribution < -0.4 is 5.32 Å². The first-order valence-electron chi connectivity index (χ1n) is 6.63. The normalized spacial score (nSPS) is 22.4. The van der Waals surface area contributed by atoms with E-state index < -0.39 is 15.1 Å². The summed E-state index contributed by atoms with van der Waals surface area (Å²) >= 11 is 0. The van der Waals surface area contributed by atoms with Gasteiger partial charge in [0.15, 0.2) is 9.84 Å². The number of hydrogen-bond donors (Lipinski definition) is 2. The lowest BCUT2D eigenvalue weighted by molar-refractivity contribution is 0.0562. The lowest BCUT2D eigenvalue weighted by Crippen LogP contribution is -2.46. The minimum absolute atomic E-state index is 0.0107. The zero-order chi connectivity index (χ0) is 14.9.